The van der Waals surface area contributed by atoms with Crippen LogP contribution in [0.5, 0.6) is 0 Å². The van der Waals surface area contributed by atoms with Crippen molar-refractivity contribution in [2.45, 2.75) is 38.1 Å². The molecule has 0 N–H and O–H groups in total. The van der Waals surface area contributed by atoms with Gasteiger partial charge in [0.05, 0.1) is 5.69 Å². The average molecular weight is 291 g/mol. The molecule has 0 aliphatic carbocycles. The maximum absolute atomic E-state index is 4.74. The molecule has 1 aromatic rings. The normalized spacial score (nSPS) is 12.5. The van der Waals surface area contributed by atoms with E-state index in [1.807, 2.05) is 11.3 Å². The highest BCUT2D eigenvalue weighted by Gasteiger charge is 2.22. The van der Waals surface area contributed by atoms with E-state index in [9.17, 15) is 0 Å². The summed E-state index contributed by atoms with van der Waals surface area (Å²) < 4.78 is 0. The van der Waals surface area contributed by atoms with Crippen molar-refractivity contribution in [2.75, 3.05) is 14.1 Å². The lowest BCUT2D eigenvalue weighted by Crippen LogP contribution is -2.15. The van der Waals surface area contributed by atoms with Crippen LogP contribution in [0.15, 0.2) is 0 Å². The smallest absolute Gasteiger partial charge is 0.107 e. The van der Waals surface area contributed by atoms with Gasteiger partial charge < -0.3 is 4.90 Å². The number of rotatable bonds is 3. The Bertz CT molecular complexity index is 326. The van der Waals surface area contributed by atoms with Gasteiger partial charge in [0.15, 0.2) is 0 Å². The molecule has 0 spiro atoms. The van der Waals surface area contributed by atoms with Crippen molar-refractivity contribution in [2.24, 2.45) is 0 Å². The third kappa shape index (κ3) is 3.54. The van der Waals surface area contributed by atoms with E-state index >= 15 is 0 Å². The Hall–Kier alpha value is 0.0700. The lowest BCUT2D eigenvalue weighted by Gasteiger charge is -2.16. The summed E-state index contributed by atoms with van der Waals surface area (Å²) in [6.07, 6.45) is 0. The Morgan fingerprint density at radius 3 is 2.27 bits per heavy atom. The van der Waals surface area contributed by atoms with E-state index in [1.54, 1.807) is 0 Å². The molecule has 15 heavy (non-hydrogen) atoms. The van der Waals surface area contributed by atoms with E-state index < -0.39 is 0 Å². The maximum atomic E-state index is 4.74. The van der Waals surface area contributed by atoms with Crippen LogP contribution in [0.1, 0.15) is 36.3 Å². The SMILES string of the molecule is CN(C)Cc1nc(C(C)(C)C)c(CBr)s1. The lowest BCUT2D eigenvalue weighted by molar-refractivity contribution is 0.400. The Morgan fingerprint density at radius 1 is 1.33 bits per heavy atom. The summed E-state index contributed by atoms with van der Waals surface area (Å²) in [6.45, 7) is 7.58. The summed E-state index contributed by atoms with van der Waals surface area (Å²) >= 11 is 5.35. The minimum absolute atomic E-state index is 0.143. The van der Waals surface area contributed by atoms with Gasteiger partial charge in [-0.15, -0.1) is 11.3 Å². The number of hydrogen-bond acceptors (Lipinski definition) is 3. The molecule has 0 fully saturated rings. The van der Waals surface area contributed by atoms with Gasteiger partial charge in [-0.1, -0.05) is 36.7 Å². The molecule has 0 radical (unpaired) electrons. The van der Waals surface area contributed by atoms with Gasteiger partial charge in [0, 0.05) is 22.2 Å². The highest BCUT2D eigenvalue weighted by atomic mass is 79.9. The summed E-state index contributed by atoms with van der Waals surface area (Å²) in [5, 5.41) is 2.12. The molecule has 0 atom stereocenters. The minimum Gasteiger partial charge on any atom is -0.303 e. The van der Waals surface area contributed by atoms with Gasteiger partial charge in [0.25, 0.3) is 0 Å². The monoisotopic (exact) mass is 290 g/mol. The molecule has 0 aliphatic heterocycles. The number of aromatic nitrogens is 1. The first-order valence-corrected chi connectivity index (χ1v) is 6.98. The molecule has 0 saturated carbocycles. The van der Waals surface area contributed by atoms with E-state index in [-0.39, 0.29) is 5.41 Å². The Kier molecular flexibility index (Phi) is 4.32. The van der Waals surface area contributed by atoms with Gasteiger partial charge in [-0.25, -0.2) is 4.98 Å². The highest BCUT2D eigenvalue weighted by Crippen LogP contribution is 2.31. The number of thiazole rings is 1. The molecule has 86 valence electrons. The first-order chi connectivity index (χ1) is 6.84. The molecule has 0 saturated heterocycles. The fourth-order valence-electron chi connectivity index (χ4n) is 1.42. The van der Waals surface area contributed by atoms with Crippen molar-refractivity contribution in [1.82, 2.24) is 9.88 Å². The summed E-state index contributed by atoms with van der Waals surface area (Å²) in [4.78, 5) is 8.26. The standard InChI is InChI=1S/C11H19BrN2S/c1-11(2,3)10-8(6-12)15-9(13-10)7-14(4)5/h6-7H2,1-5H3. The third-order valence-electron chi connectivity index (χ3n) is 2.02. The molecule has 0 bridgehead atoms. The Morgan fingerprint density at radius 2 is 1.93 bits per heavy atom. The summed E-state index contributed by atoms with van der Waals surface area (Å²) in [6, 6.07) is 0. The average Bonchev–Trinajstić information content (AvgIpc) is 2.45. The van der Waals surface area contributed by atoms with Gasteiger partial charge >= 0.3 is 0 Å². The summed E-state index contributed by atoms with van der Waals surface area (Å²) in [7, 11) is 4.15. The first kappa shape index (κ1) is 13.1. The first-order valence-electron chi connectivity index (χ1n) is 5.04. The van der Waals surface area contributed by atoms with Crippen LogP contribution in [0, 0.1) is 0 Å². The molecule has 0 aromatic carbocycles. The zero-order valence-corrected chi connectivity index (χ0v) is 12.5. The van der Waals surface area contributed by atoms with Crippen molar-refractivity contribution in [1.29, 1.82) is 0 Å². The van der Waals surface area contributed by atoms with Crippen molar-refractivity contribution < 1.29 is 0 Å². The molecule has 2 nitrogen and oxygen atoms in total. The molecule has 1 aromatic heterocycles. The van der Waals surface area contributed by atoms with Crippen molar-refractivity contribution in [3.8, 4) is 0 Å². The van der Waals surface area contributed by atoms with Crippen molar-refractivity contribution >= 4 is 27.3 Å². The van der Waals surface area contributed by atoms with Crippen LogP contribution in [0.3, 0.4) is 0 Å². The minimum atomic E-state index is 0.143. The molecule has 1 heterocycles. The zero-order chi connectivity index (χ0) is 11.6. The maximum Gasteiger partial charge on any atom is 0.107 e. The van der Waals surface area contributed by atoms with Crippen LogP contribution in [0.4, 0.5) is 0 Å². The number of nitrogens with zero attached hydrogens (tertiary/aromatic N) is 2. The molecular formula is C11H19BrN2S. The second kappa shape index (κ2) is 4.93. The van der Waals surface area contributed by atoms with E-state index in [2.05, 4.69) is 55.7 Å². The van der Waals surface area contributed by atoms with E-state index in [0.717, 1.165) is 11.9 Å². The van der Waals surface area contributed by atoms with Crippen molar-refractivity contribution in [3.63, 3.8) is 0 Å². The molecule has 0 amide bonds. The second-order valence-corrected chi connectivity index (χ2v) is 6.73. The third-order valence-corrected chi connectivity index (χ3v) is 4.00. The highest BCUT2D eigenvalue weighted by molar-refractivity contribution is 9.08. The predicted molar refractivity (Wildman–Crippen MR) is 70.8 cm³/mol. The van der Waals surface area contributed by atoms with Crippen LogP contribution in [0.25, 0.3) is 0 Å². The van der Waals surface area contributed by atoms with Crippen molar-refractivity contribution in [3.05, 3.63) is 15.6 Å². The zero-order valence-electron chi connectivity index (χ0n) is 10.1. The van der Waals surface area contributed by atoms with Gasteiger partial charge in [-0.3, -0.25) is 0 Å². The second-order valence-electron chi connectivity index (χ2n) is 5.00. The van der Waals surface area contributed by atoms with Crippen LogP contribution >= 0.6 is 27.3 Å². The van der Waals surface area contributed by atoms with Gasteiger partial charge in [-0.2, -0.15) is 0 Å². The van der Waals surface area contributed by atoms with E-state index in [1.165, 1.54) is 15.6 Å². The Balaban J connectivity index is 3.01. The fourth-order valence-corrected chi connectivity index (χ4v) is 3.27. The fraction of sp³-hybridized carbons (Fsp3) is 0.727. The van der Waals surface area contributed by atoms with Crippen LogP contribution in [0.2, 0.25) is 0 Å². The molecular weight excluding hydrogens is 272 g/mol. The number of alkyl halides is 1. The topological polar surface area (TPSA) is 16.1 Å². The van der Waals surface area contributed by atoms with Crippen LogP contribution < -0.4 is 0 Å². The Labute approximate surface area is 105 Å². The quantitative estimate of drug-likeness (QED) is 0.794. The molecule has 4 heteroatoms. The largest absolute Gasteiger partial charge is 0.303 e. The van der Waals surface area contributed by atoms with Gasteiger partial charge in [0.2, 0.25) is 0 Å². The molecule has 1 rings (SSSR count). The summed E-state index contributed by atoms with van der Waals surface area (Å²) in [5.74, 6) is 0. The summed E-state index contributed by atoms with van der Waals surface area (Å²) in [5.41, 5.74) is 1.38. The van der Waals surface area contributed by atoms with E-state index in [4.69, 9.17) is 4.98 Å². The van der Waals surface area contributed by atoms with Crippen LogP contribution in [-0.4, -0.2) is 24.0 Å². The molecule has 0 aliphatic rings. The number of halogens is 1. The molecule has 0 unspecified atom stereocenters. The van der Waals surface area contributed by atoms with Gasteiger partial charge in [0.1, 0.15) is 5.01 Å². The van der Waals surface area contributed by atoms with Crippen LogP contribution in [-0.2, 0) is 17.3 Å². The predicted octanol–water partition coefficient (Wildman–Crippen LogP) is 3.40. The van der Waals surface area contributed by atoms with Gasteiger partial charge in [-0.05, 0) is 14.1 Å². The van der Waals surface area contributed by atoms with E-state index in [0.29, 0.717) is 0 Å². The lowest BCUT2D eigenvalue weighted by atomic mass is 9.91. The number of hydrogen-bond donors (Lipinski definition) is 0.